The summed E-state index contributed by atoms with van der Waals surface area (Å²) in [6.45, 7) is 4.27. The number of hydrogen-bond acceptors (Lipinski definition) is 4. The summed E-state index contributed by atoms with van der Waals surface area (Å²) in [7, 11) is 0. The van der Waals surface area contributed by atoms with Gasteiger partial charge >= 0.3 is 6.03 Å². The second-order valence-corrected chi connectivity index (χ2v) is 9.71. The Hall–Kier alpha value is -3.00. The van der Waals surface area contributed by atoms with Gasteiger partial charge in [0.1, 0.15) is 0 Å². The van der Waals surface area contributed by atoms with Crippen molar-refractivity contribution < 1.29 is 4.79 Å². The summed E-state index contributed by atoms with van der Waals surface area (Å²) in [5, 5.41) is 16.2. The van der Waals surface area contributed by atoms with Crippen LogP contribution in [-0.2, 0) is 18.7 Å². The van der Waals surface area contributed by atoms with Crippen LogP contribution in [-0.4, -0.2) is 20.8 Å². The van der Waals surface area contributed by atoms with Crippen LogP contribution in [0.25, 0.3) is 5.69 Å². The van der Waals surface area contributed by atoms with Crippen molar-refractivity contribution in [2.24, 2.45) is 0 Å². The van der Waals surface area contributed by atoms with E-state index in [0.717, 1.165) is 17.7 Å². The number of amides is 2. The number of halogens is 2. The van der Waals surface area contributed by atoms with Crippen LogP contribution >= 0.6 is 35.0 Å². The zero-order valence-corrected chi connectivity index (χ0v) is 21.7. The van der Waals surface area contributed by atoms with Gasteiger partial charge in [0.05, 0.1) is 17.3 Å². The first-order valence-electron chi connectivity index (χ1n) is 11.2. The van der Waals surface area contributed by atoms with E-state index in [4.69, 9.17) is 23.2 Å². The highest BCUT2D eigenvalue weighted by atomic mass is 35.5. The number of carbonyl (C=O) groups excluding carboxylic acids is 1. The van der Waals surface area contributed by atoms with Crippen LogP contribution in [0.3, 0.4) is 0 Å². The number of nitrogens with zero attached hydrogens (tertiary/aromatic N) is 3. The van der Waals surface area contributed by atoms with Gasteiger partial charge in [-0.15, -0.1) is 10.2 Å². The Bertz CT molecular complexity index is 1340. The monoisotopic (exact) mass is 525 g/mol. The number of thioether (sulfide) groups is 1. The molecular formula is C26H25Cl2N5OS. The average Bonchev–Trinajstić information content (AvgIpc) is 3.26. The maximum absolute atomic E-state index is 12.6. The Labute approximate surface area is 219 Å². The minimum absolute atomic E-state index is 0.154. The molecule has 0 unspecified atom stereocenters. The van der Waals surface area contributed by atoms with Crippen molar-refractivity contribution >= 4 is 46.7 Å². The normalized spacial score (nSPS) is 10.9. The second kappa shape index (κ2) is 11.6. The number of urea groups is 1. The van der Waals surface area contributed by atoms with Crippen molar-refractivity contribution in [1.29, 1.82) is 0 Å². The third kappa shape index (κ3) is 6.36. The SMILES string of the molecule is CCc1ccccc1NC(=O)NCc1nnc(SCc2cccc(C)c2)n1-c1cc(Cl)ccc1Cl. The van der Waals surface area contributed by atoms with Crippen molar-refractivity contribution in [2.75, 3.05) is 5.32 Å². The number of aromatic nitrogens is 3. The molecule has 0 radical (unpaired) electrons. The van der Waals surface area contributed by atoms with Crippen LogP contribution in [0.1, 0.15) is 29.4 Å². The number of rotatable bonds is 8. The topological polar surface area (TPSA) is 71.8 Å². The van der Waals surface area contributed by atoms with Gasteiger partial charge < -0.3 is 10.6 Å². The number of aryl methyl sites for hydroxylation is 2. The minimum Gasteiger partial charge on any atom is -0.331 e. The molecule has 0 aliphatic heterocycles. The lowest BCUT2D eigenvalue weighted by molar-refractivity contribution is 0.251. The quantitative estimate of drug-likeness (QED) is 0.241. The van der Waals surface area contributed by atoms with Crippen LogP contribution in [0.4, 0.5) is 10.5 Å². The lowest BCUT2D eigenvalue weighted by atomic mass is 10.1. The molecule has 180 valence electrons. The number of anilines is 1. The van der Waals surface area contributed by atoms with E-state index < -0.39 is 0 Å². The number of nitrogens with one attached hydrogen (secondary N) is 2. The van der Waals surface area contributed by atoms with Crippen LogP contribution in [0.15, 0.2) is 71.9 Å². The molecule has 0 fully saturated rings. The number of para-hydroxylation sites is 1. The maximum atomic E-state index is 12.6. The van der Waals surface area contributed by atoms with Gasteiger partial charge in [-0.2, -0.15) is 0 Å². The highest BCUT2D eigenvalue weighted by Crippen LogP contribution is 2.31. The van der Waals surface area contributed by atoms with E-state index in [1.807, 2.05) is 41.8 Å². The Morgan fingerprint density at radius 3 is 2.66 bits per heavy atom. The number of benzene rings is 3. The van der Waals surface area contributed by atoms with Crippen LogP contribution in [0.2, 0.25) is 10.0 Å². The molecule has 0 atom stereocenters. The van der Waals surface area contributed by atoms with Crippen LogP contribution in [0, 0.1) is 6.92 Å². The molecule has 6 nitrogen and oxygen atoms in total. The molecular weight excluding hydrogens is 501 g/mol. The van der Waals surface area contributed by atoms with Crippen molar-refractivity contribution in [3.8, 4) is 5.69 Å². The molecule has 1 aromatic heterocycles. The Morgan fingerprint density at radius 2 is 1.86 bits per heavy atom. The van der Waals surface area contributed by atoms with Gasteiger partial charge in [-0.1, -0.05) is 89.9 Å². The summed E-state index contributed by atoms with van der Waals surface area (Å²) in [6, 6.07) is 20.9. The molecule has 4 rings (SSSR count). The molecule has 0 aliphatic rings. The first-order chi connectivity index (χ1) is 16.9. The predicted octanol–water partition coefficient (Wildman–Crippen LogP) is 7.06. The molecule has 9 heteroatoms. The van der Waals surface area contributed by atoms with Gasteiger partial charge in [0, 0.05) is 16.5 Å². The first-order valence-corrected chi connectivity index (χ1v) is 12.9. The smallest absolute Gasteiger partial charge is 0.319 e. The summed E-state index contributed by atoms with van der Waals surface area (Å²) >= 11 is 14.3. The van der Waals surface area contributed by atoms with Gasteiger partial charge in [0.2, 0.25) is 0 Å². The summed E-state index contributed by atoms with van der Waals surface area (Å²) in [4.78, 5) is 12.6. The molecule has 4 aromatic rings. The zero-order valence-electron chi connectivity index (χ0n) is 19.4. The Kier molecular flexibility index (Phi) is 8.33. The highest BCUT2D eigenvalue weighted by Gasteiger charge is 2.18. The molecule has 1 heterocycles. The van der Waals surface area contributed by atoms with Gasteiger partial charge in [0.25, 0.3) is 0 Å². The maximum Gasteiger partial charge on any atom is 0.319 e. The molecule has 2 amide bonds. The third-order valence-electron chi connectivity index (χ3n) is 5.35. The second-order valence-electron chi connectivity index (χ2n) is 7.93. The molecule has 3 aromatic carbocycles. The number of carbonyl (C=O) groups is 1. The summed E-state index contributed by atoms with van der Waals surface area (Å²) < 4.78 is 1.84. The molecule has 35 heavy (non-hydrogen) atoms. The molecule has 0 saturated heterocycles. The van der Waals surface area contributed by atoms with E-state index in [1.165, 1.54) is 11.1 Å². The molecule has 0 bridgehead atoms. The first kappa shape index (κ1) is 25.1. The molecule has 0 aliphatic carbocycles. The minimum atomic E-state index is -0.327. The fraction of sp³-hybridized carbons (Fsp3) is 0.192. The average molecular weight is 526 g/mol. The summed E-state index contributed by atoms with van der Waals surface area (Å²) in [5.74, 6) is 1.25. The van der Waals surface area contributed by atoms with E-state index >= 15 is 0 Å². The Morgan fingerprint density at radius 1 is 1.03 bits per heavy atom. The molecule has 2 N–H and O–H groups in total. The van der Waals surface area contributed by atoms with Crippen LogP contribution < -0.4 is 10.6 Å². The fourth-order valence-electron chi connectivity index (χ4n) is 3.63. The summed E-state index contributed by atoms with van der Waals surface area (Å²) in [6.07, 6.45) is 0.819. The van der Waals surface area contributed by atoms with E-state index in [2.05, 4.69) is 46.0 Å². The van der Waals surface area contributed by atoms with Gasteiger partial charge in [0.15, 0.2) is 11.0 Å². The lowest BCUT2D eigenvalue weighted by Crippen LogP contribution is -2.29. The van der Waals surface area contributed by atoms with E-state index in [1.54, 1.807) is 30.0 Å². The highest BCUT2D eigenvalue weighted by molar-refractivity contribution is 7.98. The standard InChI is InChI=1S/C26H25Cl2N5OS/c1-3-19-9-4-5-10-22(19)30-25(34)29-15-24-31-32-26(35-16-18-8-6-7-17(2)13-18)33(24)23-14-20(27)11-12-21(23)28/h4-14H,3,15-16H2,1-2H3,(H2,29,30,34). The van der Waals surface area contributed by atoms with Gasteiger partial charge in [-0.25, -0.2) is 4.79 Å². The van der Waals surface area contributed by atoms with Gasteiger partial charge in [-0.05, 0) is 48.7 Å². The van der Waals surface area contributed by atoms with E-state index in [9.17, 15) is 4.79 Å². The molecule has 0 saturated carbocycles. The van der Waals surface area contributed by atoms with Crippen molar-refractivity contribution in [3.05, 3.63) is 99.3 Å². The van der Waals surface area contributed by atoms with Crippen LogP contribution in [0.5, 0.6) is 0 Å². The zero-order chi connectivity index (χ0) is 24.8. The van der Waals surface area contributed by atoms with E-state index in [-0.39, 0.29) is 12.6 Å². The summed E-state index contributed by atoms with van der Waals surface area (Å²) in [5.41, 5.74) is 4.87. The van der Waals surface area contributed by atoms with Crippen molar-refractivity contribution in [2.45, 2.75) is 37.7 Å². The molecule has 0 spiro atoms. The van der Waals surface area contributed by atoms with E-state index in [0.29, 0.717) is 32.5 Å². The lowest BCUT2D eigenvalue weighted by Gasteiger charge is -2.14. The predicted molar refractivity (Wildman–Crippen MR) is 144 cm³/mol. The van der Waals surface area contributed by atoms with Crippen molar-refractivity contribution in [3.63, 3.8) is 0 Å². The van der Waals surface area contributed by atoms with Gasteiger partial charge in [-0.3, -0.25) is 4.57 Å². The fourth-order valence-corrected chi connectivity index (χ4v) is 4.91. The number of hydrogen-bond donors (Lipinski definition) is 2. The largest absolute Gasteiger partial charge is 0.331 e. The Balaban J connectivity index is 1.56. The van der Waals surface area contributed by atoms with Crippen molar-refractivity contribution in [1.82, 2.24) is 20.1 Å². The third-order valence-corrected chi connectivity index (χ3v) is 6.91.